The third-order valence-electron chi connectivity index (χ3n) is 4.36. The van der Waals surface area contributed by atoms with E-state index in [9.17, 15) is 0 Å². The maximum atomic E-state index is 5.90. The molecule has 0 aliphatic carbocycles. The topological polar surface area (TPSA) is 53.5 Å². The van der Waals surface area contributed by atoms with Gasteiger partial charge in [-0.15, -0.1) is 0 Å². The summed E-state index contributed by atoms with van der Waals surface area (Å²) in [4.78, 5) is 9.00. The van der Waals surface area contributed by atoms with Crippen molar-refractivity contribution in [1.82, 2.24) is 9.97 Å². The van der Waals surface area contributed by atoms with E-state index >= 15 is 0 Å². The lowest BCUT2D eigenvalue weighted by Gasteiger charge is -2.09. The van der Waals surface area contributed by atoms with Gasteiger partial charge in [-0.05, 0) is 32.6 Å². The lowest BCUT2D eigenvalue weighted by Crippen LogP contribution is -2.03. The van der Waals surface area contributed by atoms with Gasteiger partial charge >= 0.3 is 0 Å². The lowest BCUT2D eigenvalue weighted by atomic mass is 10.1. The van der Waals surface area contributed by atoms with E-state index in [2.05, 4.69) is 9.97 Å². The summed E-state index contributed by atoms with van der Waals surface area (Å²) < 4.78 is 16.0. The Morgan fingerprint density at radius 3 is 1.96 bits per heavy atom. The van der Waals surface area contributed by atoms with E-state index in [-0.39, 0.29) is 0 Å². The van der Waals surface area contributed by atoms with Gasteiger partial charge in [0.05, 0.1) is 6.61 Å². The van der Waals surface area contributed by atoms with Crippen LogP contribution in [0, 0.1) is 6.92 Å². The molecule has 1 aromatic heterocycles. The standard InChI is InChI=1S/C21H38N2O3S/c1-19-18-22-21(27-17-13-9-8-11-15-25-3)23-20(19)26-16-12-7-5-4-6-10-14-24-2/h18H,4-17H2,1-3H3. The first-order chi connectivity index (χ1) is 13.3. The van der Waals surface area contributed by atoms with Crippen LogP contribution in [0.2, 0.25) is 0 Å². The Balaban J connectivity index is 2.13. The van der Waals surface area contributed by atoms with Gasteiger partial charge in [-0.2, -0.15) is 4.98 Å². The molecule has 156 valence electrons. The van der Waals surface area contributed by atoms with E-state index in [1.807, 2.05) is 13.1 Å². The zero-order valence-corrected chi connectivity index (χ0v) is 18.3. The predicted molar refractivity (Wildman–Crippen MR) is 113 cm³/mol. The molecule has 1 rings (SSSR count). The predicted octanol–water partition coefficient (Wildman–Crippen LogP) is 5.45. The van der Waals surface area contributed by atoms with E-state index < -0.39 is 0 Å². The van der Waals surface area contributed by atoms with Gasteiger partial charge < -0.3 is 14.2 Å². The summed E-state index contributed by atoms with van der Waals surface area (Å²) in [7, 11) is 3.52. The van der Waals surface area contributed by atoms with Gasteiger partial charge in [-0.3, -0.25) is 0 Å². The van der Waals surface area contributed by atoms with Crippen molar-refractivity contribution in [3.63, 3.8) is 0 Å². The summed E-state index contributed by atoms with van der Waals surface area (Å²) in [5.74, 6) is 1.80. The number of hydrogen-bond donors (Lipinski definition) is 0. The average Bonchev–Trinajstić information content (AvgIpc) is 2.68. The highest BCUT2D eigenvalue weighted by Crippen LogP contribution is 2.21. The van der Waals surface area contributed by atoms with Gasteiger partial charge in [0.1, 0.15) is 0 Å². The van der Waals surface area contributed by atoms with Crippen LogP contribution < -0.4 is 4.74 Å². The Labute approximate surface area is 170 Å². The minimum atomic E-state index is 0.736. The summed E-state index contributed by atoms with van der Waals surface area (Å²) in [5, 5.41) is 0.825. The van der Waals surface area contributed by atoms with E-state index in [1.54, 1.807) is 26.0 Å². The molecular weight excluding hydrogens is 360 g/mol. The molecule has 0 aliphatic heterocycles. The zero-order chi connectivity index (χ0) is 19.6. The van der Waals surface area contributed by atoms with Crippen molar-refractivity contribution in [3.05, 3.63) is 11.8 Å². The third-order valence-corrected chi connectivity index (χ3v) is 5.31. The fraction of sp³-hybridized carbons (Fsp3) is 0.810. The Kier molecular flexibility index (Phi) is 15.5. The van der Waals surface area contributed by atoms with Crippen LogP contribution in [0.25, 0.3) is 0 Å². The number of unbranched alkanes of at least 4 members (excludes halogenated alkanes) is 8. The number of thioether (sulfide) groups is 1. The van der Waals surface area contributed by atoms with Crippen LogP contribution >= 0.6 is 11.8 Å². The third kappa shape index (κ3) is 13.0. The van der Waals surface area contributed by atoms with Gasteiger partial charge in [-0.1, -0.05) is 50.3 Å². The van der Waals surface area contributed by atoms with Crippen LogP contribution in [0.1, 0.15) is 69.8 Å². The van der Waals surface area contributed by atoms with Crippen LogP contribution in [-0.4, -0.2) is 49.8 Å². The fourth-order valence-electron chi connectivity index (χ4n) is 2.72. The number of rotatable bonds is 18. The van der Waals surface area contributed by atoms with Crippen molar-refractivity contribution in [2.75, 3.05) is 39.8 Å². The molecule has 0 unspecified atom stereocenters. The Hall–Kier alpha value is -0.850. The molecule has 0 aliphatic rings. The summed E-state index contributed by atoms with van der Waals surface area (Å²) in [6.07, 6.45) is 13.9. The normalized spacial score (nSPS) is 11.1. The van der Waals surface area contributed by atoms with E-state index in [4.69, 9.17) is 14.2 Å². The Bertz CT molecular complexity index is 475. The molecule has 6 heteroatoms. The van der Waals surface area contributed by atoms with Crippen molar-refractivity contribution in [2.24, 2.45) is 0 Å². The molecule has 0 fully saturated rings. The molecule has 0 saturated heterocycles. The number of aromatic nitrogens is 2. The molecule has 0 atom stereocenters. The summed E-state index contributed by atoms with van der Waals surface area (Å²) in [6, 6.07) is 0. The van der Waals surface area contributed by atoms with Crippen LogP contribution in [0.15, 0.2) is 11.4 Å². The van der Waals surface area contributed by atoms with Gasteiger partial charge in [0, 0.05) is 44.9 Å². The molecule has 0 spiro atoms. The van der Waals surface area contributed by atoms with Crippen molar-refractivity contribution < 1.29 is 14.2 Å². The summed E-state index contributed by atoms with van der Waals surface area (Å²) >= 11 is 1.72. The molecule has 27 heavy (non-hydrogen) atoms. The first-order valence-corrected chi connectivity index (χ1v) is 11.3. The van der Waals surface area contributed by atoms with Gasteiger partial charge in [0.25, 0.3) is 0 Å². The molecule has 1 aromatic rings. The SMILES string of the molecule is COCCCCCCCCOc1nc(SCCCCCCOC)ncc1C. The number of hydrogen-bond acceptors (Lipinski definition) is 6. The molecule has 0 N–H and O–H groups in total. The number of nitrogens with zero attached hydrogens (tertiary/aromatic N) is 2. The minimum absolute atomic E-state index is 0.736. The Morgan fingerprint density at radius 2 is 1.33 bits per heavy atom. The minimum Gasteiger partial charge on any atom is -0.477 e. The fourth-order valence-corrected chi connectivity index (χ4v) is 3.52. The average molecular weight is 399 g/mol. The van der Waals surface area contributed by atoms with Crippen LogP contribution in [-0.2, 0) is 9.47 Å². The van der Waals surface area contributed by atoms with E-state index in [0.717, 1.165) is 55.0 Å². The second kappa shape index (κ2) is 17.3. The second-order valence-corrected chi connectivity index (χ2v) is 7.92. The Morgan fingerprint density at radius 1 is 0.778 bits per heavy atom. The molecular formula is C21H38N2O3S. The summed E-state index contributed by atoms with van der Waals surface area (Å²) in [5.41, 5.74) is 1.01. The quantitative estimate of drug-likeness (QED) is 0.186. The van der Waals surface area contributed by atoms with E-state index in [1.165, 1.54) is 51.4 Å². The zero-order valence-electron chi connectivity index (χ0n) is 17.5. The smallest absolute Gasteiger partial charge is 0.220 e. The molecule has 1 heterocycles. The first kappa shape index (κ1) is 24.2. The molecule has 0 saturated carbocycles. The molecule has 0 aromatic carbocycles. The highest BCUT2D eigenvalue weighted by atomic mass is 32.2. The molecule has 0 bridgehead atoms. The largest absolute Gasteiger partial charge is 0.477 e. The monoisotopic (exact) mass is 398 g/mol. The van der Waals surface area contributed by atoms with Gasteiger partial charge in [0.2, 0.25) is 5.88 Å². The maximum Gasteiger partial charge on any atom is 0.220 e. The lowest BCUT2D eigenvalue weighted by molar-refractivity contribution is 0.191. The van der Waals surface area contributed by atoms with Crippen LogP contribution in [0.5, 0.6) is 5.88 Å². The highest BCUT2D eigenvalue weighted by molar-refractivity contribution is 7.99. The first-order valence-electron chi connectivity index (χ1n) is 10.3. The van der Waals surface area contributed by atoms with Crippen molar-refractivity contribution in [2.45, 2.75) is 76.3 Å². The molecule has 5 nitrogen and oxygen atoms in total. The maximum absolute atomic E-state index is 5.90. The van der Waals surface area contributed by atoms with Crippen molar-refractivity contribution >= 4 is 11.8 Å². The van der Waals surface area contributed by atoms with Crippen LogP contribution in [0.3, 0.4) is 0 Å². The number of methoxy groups -OCH3 is 2. The van der Waals surface area contributed by atoms with E-state index in [0.29, 0.717) is 0 Å². The van der Waals surface area contributed by atoms with Crippen molar-refractivity contribution in [3.8, 4) is 5.88 Å². The van der Waals surface area contributed by atoms with Crippen LogP contribution in [0.4, 0.5) is 0 Å². The number of ether oxygens (including phenoxy) is 3. The summed E-state index contributed by atoms with van der Waals surface area (Å²) in [6.45, 7) is 4.49. The van der Waals surface area contributed by atoms with Gasteiger partial charge in [0.15, 0.2) is 5.16 Å². The second-order valence-electron chi connectivity index (χ2n) is 6.86. The van der Waals surface area contributed by atoms with Crippen molar-refractivity contribution in [1.29, 1.82) is 0 Å². The van der Waals surface area contributed by atoms with Gasteiger partial charge in [-0.25, -0.2) is 4.98 Å². The molecule has 0 radical (unpaired) electrons. The number of aryl methyl sites for hydroxylation is 1. The molecule has 0 amide bonds. The highest BCUT2D eigenvalue weighted by Gasteiger charge is 2.06.